The molecule has 2 unspecified atom stereocenters. The summed E-state index contributed by atoms with van der Waals surface area (Å²) >= 11 is 0. The number of carbonyl (C=O) groups is 1. The Morgan fingerprint density at radius 1 is 1.42 bits per heavy atom. The van der Waals surface area contributed by atoms with Gasteiger partial charge in [-0.25, -0.2) is 0 Å². The molecular formula is C16H23NO2. The van der Waals surface area contributed by atoms with Gasteiger partial charge in [-0.2, -0.15) is 0 Å². The van der Waals surface area contributed by atoms with Crippen LogP contribution in [0.4, 0.5) is 5.69 Å². The van der Waals surface area contributed by atoms with Gasteiger partial charge in [0.1, 0.15) is 0 Å². The van der Waals surface area contributed by atoms with Crippen molar-refractivity contribution >= 4 is 11.7 Å². The first-order valence-electron chi connectivity index (χ1n) is 7.19. The highest BCUT2D eigenvalue weighted by atomic mass is 16.4. The maximum absolute atomic E-state index is 11.1. The summed E-state index contributed by atoms with van der Waals surface area (Å²) in [6, 6.07) is 6.63. The summed E-state index contributed by atoms with van der Waals surface area (Å²) in [5.74, 6) is -0.827. The molecular weight excluding hydrogens is 238 g/mol. The van der Waals surface area contributed by atoms with Crippen LogP contribution in [0.1, 0.15) is 43.7 Å². The summed E-state index contributed by atoms with van der Waals surface area (Å²) < 4.78 is 0. The molecule has 3 nitrogen and oxygen atoms in total. The van der Waals surface area contributed by atoms with Gasteiger partial charge >= 0.3 is 5.97 Å². The first-order valence-corrected chi connectivity index (χ1v) is 7.19. The van der Waals surface area contributed by atoms with Gasteiger partial charge in [0.05, 0.1) is 5.92 Å². The van der Waals surface area contributed by atoms with Crippen molar-refractivity contribution in [2.75, 3.05) is 5.32 Å². The second-order valence-corrected chi connectivity index (χ2v) is 5.51. The molecule has 2 atom stereocenters. The number of carboxylic acids is 1. The SMILES string of the molecule is CCc1cccc(C)c1NC1CCCC(C(=O)O)C1. The summed E-state index contributed by atoms with van der Waals surface area (Å²) in [7, 11) is 0. The Morgan fingerprint density at radius 3 is 2.89 bits per heavy atom. The molecule has 1 fully saturated rings. The summed E-state index contributed by atoms with van der Waals surface area (Å²) in [4.78, 5) is 11.1. The average Bonchev–Trinajstić information content (AvgIpc) is 2.41. The molecule has 1 aliphatic carbocycles. The molecule has 104 valence electrons. The highest BCUT2D eigenvalue weighted by Gasteiger charge is 2.27. The minimum atomic E-state index is -0.646. The minimum Gasteiger partial charge on any atom is -0.481 e. The van der Waals surface area contributed by atoms with Crippen LogP contribution in [0.3, 0.4) is 0 Å². The topological polar surface area (TPSA) is 49.3 Å². The summed E-state index contributed by atoms with van der Waals surface area (Å²) in [5, 5.41) is 12.7. The molecule has 0 radical (unpaired) electrons. The molecule has 1 saturated carbocycles. The lowest BCUT2D eigenvalue weighted by Gasteiger charge is -2.29. The van der Waals surface area contributed by atoms with Gasteiger partial charge in [0.2, 0.25) is 0 Å². The number of rotatable bonds is 4. The minimum absolute atomic E-state index is 0.180. The van der Waals surface area contributed by atoms with Crippen molar-refractivity contribution in [3.05, 3.63) is 29.3 Å². The number of para-hydroxylation sites is 1. The molecule has 19 heavy (non-hydrogen) atoms. The van der Waals surface area contributed by atoms with Gasteiger partial charge in [-0.15, -0.1) is 0 Å². The summed E-state index contributed by atoms with van der Waals surface area (Å²) in [6.45, 7) is 4.26. The van der Waals surface area contributed by atoms with Crippen LogP contribution in [0, 0.1) is 12.8 Å². The molecule has 0 aliphatic heterocycles. The van der Waals surface area contributed by atoms with Crippen molar-refractivity contribution in [3.63, 3.8) is 0 Å². The van der Waals surface area contributed by atoms with Crippen LogP contribution in [0.5, 0.6) is 0 Å². The van der Waals surface area contributed by atoms with Gasteiger partial charge in [0, 0.05) is 11.7 Å². The quantitative estimate of drug-likeness (QED) is 0.870. The zero-order valence-electron chi connectivity index (χ0n) is 11.8. The molecule has 0 bridgehead atoms. The predicted octanol–water partition coefficient (Wildman–Crippen LogP) is 3.61. The number of benzene rings is 1. The number of aliphatic carboxylic acids is 1. The Bertz CT molecular complexity index is 456. The molecule has 0 spiro atoms. The molecule has 0 saturated heterocycles. The molecule has 2 N–H and O–H groups in total. The van der Waals surface area contributed by atoms with E-state index in [0.717, 1.165) is 32.1 Å². The van der Waals surface area contributed by atoms with Crippen molar-refractivity contribution in [1.82, 2.24) is 0 Å². The second kappa shape index (κ2) is 6.09. The van der Waals surface area contributed by atoms with Crippen molar-refractivity contribution in [2.45, 2.75) is 52.0 Å². The van der Waals surface area contributed by atoms with Gasteiger partial charge in [-0.05, 0) is 43.7 Å². The zero-order chi connectivity index (χ0) is 13.8. The Labute approximate surface area is 115 Å². The Balaban J connectivity index is 2.10. The van der Waals surface area contributed by atoms with E-state index in [0.29, 0.717) is 6.04 Å². The number of hydrogen-bond acceptors (Lipinski definition) is 2. The fraction of sp³-hybridized carbons (Fsp3) is 0.562. The van der Waals surface area contributed by atoms with Gasteiger partial charge in [-0.3, -0.25) is 4.79 Å². The Kier molecular flexibility index (Phi) is 4.46. The standard InChI is InChI=1S/C16H23NO2/c1-3-12-7-4-6-11(2)15(12)17-14-9-5-8-13(10-14)16(18)19/h4,6-7,13-14,17H,3,5,8-10H2,1-2H3,(H,18,19). The monoisotopic (exact) mass is 261 g/mol. The second-order valence-electron chi connectivity index (χ2n) is 5.51. The highest BCUT2D eigenvalue weighted by Crippen LogP contribution is 2.29. The molecule has 0 heterocycles. The lowest BCUT2D eigenvalue weighted by atomic mass is 9.85. The van der Waals surface area contributed by atoms with E-state index >= 15 is 0 Å². The Morgan fingerprint density at radius 2 is 2.21 bits per heavy atom. The van der Waals surface area contributed by atoms with Crippen LogP contribution in [-0.4, -0.2) is 17.1 Å². The van der Waals surface area contributed by atoms with Gasteiger partial charge in [-0.1, -0.05) is 31.5 Å². The molecule has 1 aromatic rings. The average molecular weight is 261 g/mol. The summed E-state index contributed by atoms with van der Waals surface area (Å²) in [6.07, 6.45) is 4.64. The van der Waals surface area contributed by atoms with Gasteiger partial charge in [0.15, 0.2) is 0 Å². The number of nitrogens with one attached hydrogen (secondary N) is 1. The third kappa shape index (κ3) is 3.28. The lowest BCUT2D eigenvalue weighted by molar-refractivity contribution is -0.142. The van der Waals surface area contributed by atoms with E-state index in [-0.39, 0.29) is 5.92 Å². The first kappa shape index (κ1) is 13.9. The zero-order valence-corrected chi connectivity index (χ0v) is 11.8. The third-order valence-corrected chi connectivity index (χ3v) is 4.11. The predicted molar refractivity (Wildman–Crippen MR) is 77.6 cm³/mol. The van der Waals surface area contributed by atoms with Crippen LogP contribution >= 0.6 is 0 Å². The Hall–Kier alpha value is -1.51. The molecule has 2 rings (SSSR count). The first-order chi connectivity index (χ1) is 9.11. The van der Waals surface area contributed by atoms with Crippen molar-refractivity contribution < 1.29 is 9.90 Å². The van der Waals surface area contributed by atoms with Crippen LogP contribution in [0.25, 0.3) is 0 Å². The third-order valence-electron chi connectivity index (χ3n) is 4.11. The highest BCUT2D eigenvalue weighted by molar-refractivity contribution is 5.70. The van der Waals surface area contributed by atoms with Crippen molar-refractivity contribution in [2.24, 2.45) is 5.92 Å². The van der Waals surface area contributed by atoms with Crippen molar-refractivity contribution in [1.29, 1.82) is 0 Å². The van der Waals surface area contributed by atoms with Gasteiger partial charge in [0.25, 0.3) is 0 Å². The number of aryl methyl sites for hydroxylation is 2. The van der Waals surface area contributed by atoms with E-state index in [4.69, 9.17) is 5.11 Å². The fourth-order valence-corrected chi connectivity index (χ4v) is 2.98. The smallest absolute Gasteiger partial charge is 0.306 e. The largest absolute Gasteiger partial charge is 0.481 e. The molecule has 0 aromatic heterocycles. The van der Waals surface area contributed by atoms with E-state index in [2.05, 4.69) is 37.4 Å². The maximum Gasteiger partial charge on any atom is 0.306 e. The fourth-order valence-electron chi connectivity index (χ4n) is 2.98. The van der Waals surface area contributed by atoms with Crippen LogP contribution < -0.4 is 5.32 Å². The summed E-state index contributed by atoms with van der Waals surface area (Å²) in [5.41, 5.74) is 3.77. The molecule has 1 aliphatic rings. The number of carboxylic acid groups (broad SMARTS) is 1. The van der Waals surface area contributed by atoms with Crippen LogP contribution in [0.2, 0.25) is 0 Å². The van der Waals surface area contributed by atoms with Gasteiger partial charge < -0.3 is 10.4 Å². The molecule has 1 aromatic carbocycles. The van der Waals surface area contributed by atoms with E-state index in [9.17, 15) is 4.79 Å². The van der Waals surface area contributed by atoms with E-state index < -0.39 is 5.97 Å². The number of anilines is 1. The van der Waals surface area contributed by atoms with E-state index in [1.165, 1.54) is 16.8 Å². The number of hydrogen-bond donors (Lipinski definition) is 2. The lowest BCUT2D eigenvalue weighted by Crippen LogP contribution is -2.31. The van der Waals surface area contributed by atoms with E-state index in [1.54, 1.807) is 0 Å². The maximum atomic E-state index is 11.1. The van der Waals surface area contributed by atoms with E-state index in [1.807, 2.05) is 0 Å². The normalized spacial score (nSPS) is 23.1. The van der Waals surface area contributed by atoms with Crippen molar-refractivity contribution in [3.8, 4) is 0 Å². The molecule has 3 heteroatoms. The molecule has 0 amide bonds. The van der Waals surface area contributed by atoms with Crippen LogP contribution in [0.15, 0.2) is 18.2 Å². The van der Waals surface area contributed by atoms with Crippen LogP contribution in [-0.2, 0) is 11.2 Å².